The van der Waals surface area contributed by atoms with E-state index in [9.17, 15) is 8.78 Å². The molecule has 0 aromatic carbocycles. The lowest BCUT2D eigenvalue weighted by Gasteiger charge is -2.34. The van der Waals surface area contributed by atoms with Crippen LogP contribution in [0.15, 0.2) is 12.1 Å². The maximum Gasteiger partial charge on any atom is 0.248 e. The van der Waals surface area contributed by atoms with Crippen LogP contribution in [-0.4, -0.2) is 18.5 Å². The molecule has 1 saturated carbocycles. The molecular formula is C16H25F2NS. The fraction of sp³-hybridized carbons (Fsp3) is 0.750. The molecular weight excluding hydrogens is 276 g/mol. The van der Waals surface area contributed by atoms with Crippen molar-refractivity contribution in [1.29, 1.82) is 0 Å². The topological polar surface area (TPSA) is 12.0 Å². The highest BCUT2D eigenvalue weighted by molar-refractivity contribution is 7.11. The van der Waals surface area contributed by atoms with Gasteiger partial charge in [-0.2, -0.15) is 0 Å². The molecule has 1 aliphatic rings. The molecule has 0 amide bonds. The van der Waals surface area contributed by atoms with Crippen LogP contribution in [0.4, 0.5) is 8.78 Å². The van der Waals surface area contributed by atoms with E-state index in [4.69, 9.17) is 0 Å². The first-order valence-electron chi connectivity index (χ1n) is 7.73. The molecule has 1 heterocycles. The van der Waals surface area contributed by atoms with E-state index in [0.717, 1.165) is 19.4 Å². The molecule has 1 aromatic heterocycles. The van der Waals surface area contributed by atoms with E-state index in [0.29, 0.717) is 24.8 Å². The first-order valence-corrected chi connectivity index (χ1v) is 8.54. The van der Waals surface area contributed by atoms with Crippen molar-refractivity contribution in [3.63, 3.8) is 0 Å². The second-order valence-electron chi connectivity index (χ2n) is 5.78. The van der Waals surface area contributed by atoms with Gasteiger partial charge in [0.1, 0.15) is 0 Å². The van der Waals surface area contributed by atoms with Gasteiger partial charge in [0.05, 0.1) is 0 Å². The Labute approximate surface area is 124 Å². The van der Waals surface area contributed by atoms with E-state index >= 15 is 0 Å². The number of thiophene rings is 1. The van der Waals surface area contributed by atoms with Crippen molar-refractivity contribution in [3.05, 3.63) is 21.9 Å². The van der Waals surface area contributed by atoms with Gasteiger partial charge in [0.15, 0.2) is 0 Å². The average Bonchev–Trinajstić information content (AvgIpc) is 2.86. The van der Waals surface area contributed by atoms with Gasteiger partial charge < -0.3 is 5.32 Å². The van der Waals surface area contributed by atoms with Gasteiger partial charge in [0.2, 0.25) is 5.92 Å². The number of aryl methyl sites for hydroxylation is 1. The zero-order valence-corrected chi connectivity index (χ0v) is 13.2. The largest absolute Gasteiger partial charge is 0.314 e. The Balaban J connectivity index is 1.96. The Morgan fingerprint density at radius 2 is 1.90 bits per heavy atom. The summed E-state index contributed by atoms with van der Waals surface area (Å²) in [5.74, 6) is -2.03. The smallest absolute Gasteiger partial charge is 0.248 e. The van der Waals surface area contributed by atoms with Crippen molar-refractivity contribution in [2.75, 3.05) is 6.54 Å². The molecule has 1 aliphatic carbocycles. The molecule has 0 bridgehead atoms. The lowest BCUT2D eigenvalue weighted by atomic mass is 9.81. The summed E-state index contributed by atoms with van der Waals surface area (Å²) in [7, 11) is 0. The van der Waals surface area contributed by atoms with Crippen LogP contribution in [0.25, 0.3) is 0 Å². The quantitative estimate of drug-likeness (QED) is 0.806. The highest BCUT2D eigenvalue weighted by atomic mass is 32.1. The Bertz CT molecular complexity index is 406. The summed E-state index contributed by atoms with van der Waals surface area (Å²) in [6.07, 6.45) is 3.47. The van der Waals surface area contributed by atoms with Crippen molar-refractivity contribution in [1.82, 2.24) is 5.32 Å². The van der Waals surface area contributed by atoms with Crippen molar-refractivity contribution in [3.8, 4) is 0 Å². The van der Waals surface area contributed by atoms with Gasteiger partial charge >= 0.3 is 0 Å². The number of rotatable bonds is 6. The van der Waals surface area contributed by atoms with E-state index in [-0.39, 0.29) is 12.8 Å². The molecule has 1 nitrogen and oxygen atoms in total. The maximum atomic E-state index is 13.3. The molecule has 0 spiro atoms. The number of hydrogen-bond acceptors (Lipinski definition) is 2. The zero-order chi connectivity index (χ0) is 14.6. The van der Waals surface area contributed by atoms with Crippen molar-refractivity contribution in [2.24, 2.45) is 5.92 Å². The van der Waals surface area contributed by atoms with Crippen molar-refractivity contribution in [2.45, 2.75) is 64.3 Å². The summed E-state index contributed by atoms with van der Waals surface area (Å²) in [6, 6.07) is 4.74. The van der Waals surface area contributed by atoms with Crippen LogP contribution in [0.2, 0.25) is 0 Å². The van der Waals surface area contributed by atoms with Crippen molar-refractivity contribution < 1.29 is 8.78 Å². The maximum absolute atomic E-state index is 13.3. The minimum Gasteiger partial charge on any atom is -0.314 e. The number of alkyl halides is 2. The van der Waals surface area contributed by atoms with Gasteiger partial charge in [0.25, 0.3) is 0 Å². The first kappa shape index (κ1) is 15.9. The van der Waals surface area contributed by atoms with Gasteiger partial charge in [-0.1, -0.05) is 13.8 Å². The molecule has 20 heavy (non-hydrogen) atoms. The lowest BCUT2D eigenvalue weighted by molar-refractivity contribution is -0.0494. The Hall–Kier alpha value is -0.480. The van der Waals surface area contributed by atoms with E-state index in [1.807, 2.05) is 11.3 Å². The second kappa shape index (κ2) is 6.99. The van der Waals surface area contributed by atoms with E-state index in [1.165, 1.54) is 9.75 Å². The Morgan fingerprint density at radius 3 is 2.45 bits per heavy atom. The molecule has 0 saturated heterocycles. The van der Waals surface area contributed by atoms with Crippen LogP contribution < -0.4 is 5.32 Å². The van der Waals surface area contributed by atoms with Crippen LogP contribution in [0.5, 0.6) is 0 Å². The minimum atomic E-state index is -2.43. The summed E-state index contributed by atoms with van der Waals surface area (Å²) in [5.41, 5.74) is 0. The highest BCUT2D eigenvalue weighted by Crippen LogP contribution is 2.38. The summed E-state index contributed by atoms with van der Waals surface area (Å²) < 4.78 is 26.6. The summed E-state index contributed by atoms with van der Waals surface area (Å²) in [4.78, 5) is 2.79. The predicted molar refractivity (Wildman–Crippen MR) is 81.8 cm³/mol. The molecule has 1 unspecified atom stereocenters. The molecule has 1 atom stereocenters. The summed E-state index contributed by atoms with van der Waals surface area (Å²) in [5, 5.41) is 3.52. The van der Waals surface area contributed by atoms with E-state index < -0.39 is 5.92 Å². The number of likely N-dealkylation sites (N-methyl/N-ethyl adjacent to an activating group) is 1. The zero-order valence-electron chi connectivity index (χ0n) is 12.4. The molecule has 1 fully saturated rings. The minimum absolute atomic E-state index is 0.0597. The summed E-state index contributed by atoms with van der Waals surface area (Å²) >= 11 is 1.86. The van der Waals surface area contributed by atoms with Gasteiger partial charge in [0, 0.05) is 28.6 Å². The van der Waals surface area contributed by atoms with Crippen molar-refractivity contribution >= 4 is 11.3 Å². The molecule has 2 rings (SSSR count). The van der Waals surface area contributed by atoms with Gasteiger partial charge in [-0.15, -0.1) is 11.3 Å². The fourth-order valence-corrected chi connectivity index (χ4v) is 4.09. The highest BCUT2D eigenvalue weighted by Gasteiger charge is 2.37. The molecule has 0 aliphatic heterocycles. The molecule has 1 aromatic rings. The van der Waals surface area contributed by atoms with E-state index in [1.54, 1.807) is 0 Å². The standard InChI is InChI=1S/C16H25F2NS/c1-3-13-5-6-14(20-13)11-15(19-4-2)12-7-9-16(17,18)10-8-12/h5-6,12,15,19H,3-4,7-11H2,1-2H3. The predicted octanol–water partition coefficient (Wildman–Crippen LogP) is 4.66. The fourth-order valence-electron chi connectivity index (χ4n) is 3.07. The van der Waals surface area contributed by atoms with Gasteiger partial charge in [-0.3, -0.25) is 0 Å². The third kappa shape index (κ3) is 4.26. The number of hydrogen-bond donors (Lipinski definition) is 1. The van der Waals surface area contributed by atoms with E-state index in [2.05, 4.69) is 31.3 Å². The van der Waals surface area contributed by atoms with Crippen LogP contribution >= 0.6 is 11.3 Å². The van der Waals surface area contributed by atoms with Gasteiger partial charge in [-0.05, 0) is 50.3 Å². The Kier molecular flexibility index (Phi) is 5.56. The number of halogens is 2. The normalized spacial score (nSPS) is 21.0. The van der Waals surface area contributed by atoms with Crippen LogP contribution in [0, 0.1) is 5.92 Å². The average molecular weight is 301 g/mol. The monoisotopic (exact) mass is 301 g/mol. The molecule has 0 radical (unpaired) electrons. The third-order valence-electron chi connectivity index (χ3n) is 4.28. The number of nitrogens with one attached hydrogen (secondary N) is 1. The summed E-state index contributed by atoms with van der Waals surface area (Å²) in [6.45, 7) is 5.17. The van der Waals surface area contributed by atoms with Crippen LogP contribution in [0.1, 0.15) is 49.3 Å². The lowest BCUT2D eigenvalue weighted by Crippen LogP contribution is -2.41. The molecule has 114 valence electrons. The molecule has 1 N–H and O–H groups in total. The SMILES string of the molecule is CCNC(Cc1ccc(CC)s1)C1CCC(F)(F)CC1. The van der Waals surface area contributed by atoms with Crippen LogP contribution in [0.3, 0.4) is 0 Å². The Morgan fingerprint density at radius 1 is 1.25 bits per heavy atom. The first-order chi connectivity index (χ1) is 9.54. The van der Waals surface area contributed by atoms with Crippen LogP contribution in [-0.2, 0) is 12.8 Å². The molecule has 4 heteroatoms. The van der Waals surface area contributed by atoms with Gasteiger partial charge in [-0.25, -0.2) is 8.78 Å². The third-order valence-corrected chi connectivity index (χ3v) is 5.54. The second-order valence-corrected chi connectivity index (χ2v) is 7.04.